The molecule has 1 N–H and O–H groups in total. The summed E-state index contributed by atoms with van der Waals surface area (Å²) in [7, 11) is 0. The number of nitriles is 1. The number of carbonyl (C=O) groups is 1. The number of anilines is 1. The normalized spacial score (nSPS) is 10.6. The minimum atomic E-state index is -0.704. The smallest absolute Gasteiger partial charge is 0.291 e. The van der Waals surface area contributed by atoms with Gasteiger partial charge in [0, 0.05) is 23.9 Å². The van der Waals surface area contributed by atoms with Crippen molar-refractivity contribution in [2.45, 2.75) is 26.7 Å². The Balaban J connectivity index is 1.80. The first-order valence-electron chi connectivity index (χ1n) is 8.15. The summed E-state index contributed by atoms with van der Waals surface area (Å²) in [6.45, 7) is 3.69. The van der Waals surface area contributed by atoms with Crippen LogP contribution in [0.3, 0.4) is 0 Å². The number of fused-ring (bicyclic) bond motifs is 1. The largest absolute Gasteiger partial charge is 0.325 e. The molecular weight excluding hydrogens is 386 g/mol. The second-order valence-corrected chi connectivity index (χ2v) is 6.38. The molecule has 11 heteroatoms. The Hall–Kier alpha value is -3.58. The van der Waals surface area contributed by atoms with E-state index in [1.807, 2.05) is 19.9 Å². The summed E-state index contributed by atoms with van der Waals surface area (Å²) < 4.78 is 1.59. The summed E-state index contributed by atoms with van der Waals surface area (Å²) in [6, 6.07) is 4.17. The number of aryl methyl sites for hydroxylation is 2. The van der Waals surface area contributed by atoms with Gasteiger partial charge in [-0.25, -0.2) is 9.50 Å². The van der Waals surface area contributed by atoms with Crippen molar-refractivity contribution < 1.29 is 9.72 Å². The van der Waals surface area contributed by atoms with Crippen LogP contribution in [-0.2, 0) is 11.2 Å². The highest BCUT2D eigenvalue weighted by Crippen LogP contribution is 2.33. The van der Waals surface area contributed by atoms with E-state index in [1.54, 1.807) is 4.52 Å². The third kappa shape index (κ3) is 3.60. The van der Waals surface area contributed by atoms with Crippen molar-refractivity contribution in [2.24, 2.45) is 0 Å². The Morgan fingerprint density at radius 1 is 1.43 bits per heavy atom. The summed E-state index contributed by atoms with van der Waals surface area (Å²) >= 11 is 6.00. The van der Waals surface area contributed by atoms with Crippen molar-refractivity contribution in [2.75, 3.05) is 5.32 Å². The molecule has 0 atom stereocenters. The highest BCUT2D eigenvalue weighted by Gasteiger charge is 2.20. The summed E-state index contributed by atoms with van der Waals surface area (Å²) in [5.74, 6) is 0.0828. The van der Waals surface area contributed by atoms with Gasteiger partial charge >= 0.3 is 0 Å². The van der Waals surface area contributed by atoms with Crippen molar-refractivity contribution in [3.05, 3.63) is 56.1 Å². The number of nitro benzene ring substituents is 1. The molecule has 10 nitrogen and oxygen atoms in total. The number of hydrogen-bond acceptors (Lipinski definition) is 7. The molecule has 0 fully saturated rings. The molecule has 0 aliphatic rings. The van der Waals surface area contributed by atoms with Crippen LogP contribution in [-0.4, -0.2) is 30.4 Å². The average Bonchev–Trinajstić information content (AvgIpc) is 3.11. The number of nitro groups is 1. The maximum atomic E-state index is 12.4. The molecule has 3 rings (SSSR count). The van der Waals surface area contributed by atoms with Crippen LogP contribution in [0.4, 0.5) is 11.4 Å². The van der Waals surface area contributed by atoms with Crippen molar-refractivity contribution in [3.8, 4) is 6.07 Å². The number of nitrogens with zero attached hydrogens (tertiary/aromatic N) is 6. The molecular formula is C17H14ClN7O3. The highest BCUT2D eigenvalue weighted by atomic mass is 35.5. The molecule has 142 valence electrons. The van der Waals surface area contributed by atoms with Crippen LogP contribution in [0.1, 0.15) is 28.9 Å². The zero-order valence-corrected chi connectivity index (χ0v) is 15.7. The maximum Gasteiger partial charge on any atom is 0.291 e. The molecule has 2 aromatic heterocycles. The topological polar surface area (TPSA) is 139 Å². The van der Waals surface area contributed by atoms with E-state index < -0.39 is 16.5 Å². The van der Waals surface area contributed by atoms with Gasteiger partial charge in [0.15, 0.2) is 0 Å². The van der Waals surface area contributed by atoms with Gasteiger partial charge in [0.25, 0.3) is 11.5 Å². The molecule has 0 bridgehead atoms. The molecule has 0 radical (unpaired) electrons. The third-order valence-electron chi connectivity index (χ3n) is 4.24. The van der Waals surface area contributed by atoms with Crippen LogP contribution in [0.5, 0.6) is 0 Å². The molecule has 28 heavy (non-hydrogen) atoms. The first kappa shape index (κ1) is 19.2. The molecule has 0 unspecified atom stereocenters. The van der Waals surface area contributed by atoms with Gasteiger partial charge in [-0.15, -0.1) is 0 Å². The lowest BCUT2D eigenvalue weighted by Crippen LogP contribution is -2.15. The first-order chi connectivity index (χ1) is 13.3. The van der Waals surface area contributed by atoms with E-state index >= 15 is 0 Å². The summed E-state index contributed by atoms with van der Waals surface area (Å²) in [5.41, 5.74) is 2.04. The molecule has 2 heterocycles. The summed E-state index contributed by atoms with van der Waals surface area (Å²) in [4.78, 5) is 31.1. The number of hydrogen-bond donors (Lipinski definition) is 1. The summed E-state index contributed by atoms with van der Waals surface area (Å²) in [6.07, 6.45) is 1.87. The lowest BCUT2D eigenvalue weighted by Gasteiger charge is -2.11. The van der Waals surface area contributed by atoms with E-state index in [4.69, 9.17) is 16.9 Å². The lowest BCUT2D eigenvalue weighted by molar-refractivity contribution is -0.384. The Labute approximate surface area is 163 Å². The predicted octanol–water partition coefficient (Wildman–Crippen LogP) is 2.75. The van der Waals surface area contributed by atoms with Crippen LogP contribution in [0, 0.1) is 35.3 Å². The fourth-order valence-electron chi connectivity index (χ4n) is 2.87. The second-order valence-electron chi connectivity index (χ2n) is 6.01. The quantitative estimate of drug-likeness (QED) is 0.513. The number of carbonyl (C=O) groups excluding carboxylic acids is 1. The predicted molar refractivity (Wildman–Crippen MR) is 100 cm³/mol. The van der Waals surface area contributed by atoms with Gasteiger partial charge in [-0.1, -0.05) is 11.6 Å². The van der Waals surface area contributed by atoms with Crippen molar-refractivity contribution in [1.29, 1.82) is 5.26 Å². The van der Waals surface area contributed by atoms with Crippen LogP contribution in [0.15, 0.2) is 18.5 Å². The highest BCUT2D eigenvalue weighted by molar-refractivity contribution is 6.35. The lowest BCUT2D eigenvalue weighted by atomic mass is 10.1. The fraction of sp³-hybridized carbons (Fsp3) is 0.235. The van der Waals surface area contributed by atoms with Gasteiger partial charge in [0.05, 0.1) is 22.2 Å². The van der Waals surface area contributed by atoms with Crippen LogP contribution < -0.4 is 5.32 Å². The molecule has 0 saturated carbocycles. The van der Waals surface area contributed by atoms with Crippen LogP contribution in [0.2, 0.25) is 5.02 Å². The molecule has 0 aliphatic carbocycles. The number of aromatic nitrogens is 4. The van der Waals surface area contributed by atoms with Crippen LogP contribution in [0.25, 0.3) is 5.78 Å². The number of amides is 1. The molecule has 1 aromatic carbocycles. The average molecular weight is 400 g/mol. The minimum absolute atomic E-state index is 0.0238. The maximum absolute atomic E-state index is 12.4. The van der Waals surface area contributed by atoms with Crippen molar-refractivity contribution in [3.63, 3.8) is 0 Å². The van der Waals surface area contributed by atoms with E-state index in [1.165, 1.54) is 12.4 Å². The Bertz CT molecular complexity index is 1150. The third-order valence-corrected chi connectivity index (χ3v) is 4.64. The molecule has 0 saturated heterocycles. The second kappa shape index (κ2) is 7.58. The fourth-order valence-corrected chi connectivity index (χ4v) is 3.09. The molecule has 1 amide bonds. The Kier molecular flexibility index (Phi) is 5.19. The molecule has 0 aliphatic heterocycles. The Morgan fingerprint density at radius 3 is 2.86 bits per heavy atom. The Morgan fingerprint density at radius 2 is 2.18 bits per heavy atom. The summed E-state index contributed by atoms with van der Waals surface area (Å²) in [5, 5.41) is 26.5. The van der Waals surface area contributed by atoms with E-state index in [0.29, 0.717) is 12.2 Å². The monoisotopic (exact) mass is 399 g/mol. The van der Waals surface area contributed by atoms with Gasteiger partial charge in [0.1, 0.15) is 11.3 Å². The number of halogens is 1. The van der Waals surface area contributed by atoms with E-state index in [-0.39, 0.29) is 22.7 Å². The minimum Gasteiger partial charge on any atom is -0.325 e. The number of rotatable bonds is 5. The first-order valence-corrected chi connectivity index (χ1v) is 8.53. The van der Waals surface area contributed by atoms with Gasteiger partial charge in [-0.3, -0.25) is 14.9 Å². The van der Waals surface area contributed by atoms with Gasteiger partial charge in [-0.05, 0) is 31.9 Å². The van der Waals surface area contributed by atoms with E-state index in [9.17, 15) is 14.9 Å². The molecule has 0 spiro atoms. The number of nitrogens with one attached hydrogen (secondary N) is 1. The zero-order valence-electron chi connectivity index (χ0n) is 14.9. The van der Waals surface area contributed by atoms with Gasteiger partial charge in [0.2, 0.25) is 5.91 Å². The van der Waals surface area contributed by atoms with Gasteiger partial charge < -0.3 is 5.32 Å². The van der Waals surface area contributed by atoms with Crippen molar-refractivity contribution in [1.82, 2.24) is 19.6 Å². The molecule has 3 aromatic rings. The number of benzene rings is 1. The van der Waals surface area contributed by atoms with Crippen molar-refractivity contribution >= 4 is 34.7 Å². The standard InChI is InChI=1S/C17H14ClN7O3/c1-9-12(10(2)24-17(22-9)20-8-21-24)3-4-15(26)23-13-5-11(7-19)6-14(16(13)18)25(27)28/h5-6,8H,3-4H2,1-2H3,(H,23,26). The van der Waals surface area contributed by atoms with Gasteiger partial charge in [-0.2, -0.15) is 15.3 Å². The van der Waals surface area contributed by atoms with Crippen LogP contribution >= 0.6 is 11.6 Å². The zero-order chi connectivity index (χ0) is 20.4. The van der Waals surface area contributed by atoms with E-state index in [2.05, 4.69) is 20.4 Å². The van der Waals surface area contributed by atoms with E-state index in [0.717, 1.165) is 23.0 Å². The SMILES string of the molecule is Cc1nc2ncnn2c(C)c1CCC(=O)Nc1cc(C#N)cc([N+](=O)[O-])c1Cl.